The molecule has 0 bridgehead atoms. The minimum Gasteiger partial charge on any atom is -0.384 e. The summed E-state index contributed by atoms with van der Waals surface area (Å²) in [5, 5.41) is 10.1. The highest BCUT2D eigenvalue weighted by Crippen LogP contribution is 2.27. The highest BCUT2D eigenvalue weighted by atomic mass is 16.3. The van der Waals surface area contributed by atoms with E-state index in [0.29, 0.717) is 0 Å². The number of hydrogen-bond donors (Lipinski definition) is 1. The molecule has 1 aromatic rings. The normalized spacial score (nSPS) is 16.5. The van der Waals surface area contributed by atoms with Crippen molar-refractivity contribution in [2.24, 2.45) is 13.0 Å². The van der Waals surface area contributed by atoms with E-state index in [0.717, 1.165) is 5.69 Å². The third kappa shape index (κ3) is 1.37. The molecule has 3 heteroatoms. The summed E-state index contributed by atoms with van der Waals surface area (Å²) in [5.41, 5.74) is 0.0723. The maximum atomic E-state index is 10.1. The zero-order chi connectivity index (χ0) is 9.35. The monoisotopic (exact) mass is 168 g/mol. The molecule has 68 valence electrons. The van der Waals surface area contributed by atoms with Crippen LogP contribution in [0.15, 0.2) is 12.5 Å². The van der Waals surface area contributed by atoms with Crippen LogP contribution in [-0.4, -0.2) is 14.7 Å². The lowest BCUT2D eigenvalue weighted by Gasteiger charge is -2.27. The van der Waals surface area contributed by atoms with Gasteiger partial charge in [0, 0.05) is 7.05 Å². The van der Waals surface area contributed by atoms with E-state index in [1.807, 2.05) is 32.4 Å². The molecule has 0 radical (unpaired) electrons. The second-order valence-electron chi connectivity index (χ2n) is 3.69. The van der Waals surface area contributed by atoms with Crippen LogP contribution in [0.25, 0.3) is 0 Å². The summed E-state index contributed by atoms with van der Waals surface area (Å²) in [6.07, 6.45) is 3.41. The fourth-order valence-electron chi connectivity index (χ4n) is 1.14. The number of hydrogen-bond acceptors (Lipinski definition) is 2. The molecule has 0 aliphatic carbocycles. The Labute approximate surface area is 73.1 Å². The summed E-state index contributed by atoms with van der Waals surface area (Å²) in [5.74, 6) is 0.188. The van der Waals surface area contributed by atoms with E-state index in [4.69, 9.17) is 0 Å². The number of imidazole rings is 1. The van der Waals surface area contributed by atoms with Crippen molar-refractivity contribution in [1.29, 1.82) is 0 Å². The Kier molecular flexibility index (Phi) is 2.24. The fraction of sp³-hybridized carbons (Fsp3) is 0.667. The lowest BCUT2D eigenvalue weighted by molar-refractivity contribution is 0.00229. The third-order valence-corrected chi connectivity index (χ3v) is 2.46. The van der Waals surface area contributed by atoms with Gasteiger partial charge in [-0.2, -0.15) is 0 Å². The molecule has 0 aromatic carbocycles. The summed E-state index contributed by atoms with van der Waals surface area (Å²) in [6, 6.07) is 0. The molecule has 0 aliphatic heterocycles. The van der Waals surface area contributed by atoms with Gasteiger partial charge in [0.15, 0.2) is 0 Å². The minimum atomic E-state index is -0.786. The van der Waals surface area contributed by atoms with Crippen LogP contribution in [-0.2, 0) is 12.6 Å². The van der Waals surface area contributed by atoms with Gasteiger partial charge in [-0.1, -0.05) is 13.8 Å². The molecular weight excluding hydrogens is 152 g/mol. The Bertz CT molecular complexity index is 263. The maximum absolute atomic E-state index is 10.1. The van der Waals surface area contributed by atoms with Crippen LogP contribution >= 0.6 is 0 Å². The van der Waals surface area contributed by atoms with E-state index in [-0.39, 0.29) is 5.92 Å². The molecule has 3 nitrogen and oxygen atoms in total. The van der Waals surface area contributed by atoms with Gasteiger partial charge in [-0.3, -0.25) is 0 Å². The number of aromatic nitrogens is 2. The Balaban J connectivity index is 3.05. The first-order valence-electron chi connectivity index (χ1n) is 4.15. The zero-order valence-corrected chi connectivity index (χ0v) is 8.07. The molecule has 12 heavy (non-hydrogen) atoms. The van der Waals surface area contributed by atoms with E-state index in [1.165, 1.54) is 0 Å². The summed E-state index contributed by atoms with van der Waals surface area (Å²) in [7, 11) is 1.89. The van der Waals surface area contributed by atoms with E-state index < -0.39 is 5.60 Å². The summed E-state index contributed by atoms with van der Waals surface area (Å²) in [4.78, 5) is 3.97. The van der Waals surface area contributed by atoms with Crippen LogP contribution in [0.1, 0.15) is 26.5 Å². The number of aryl methyl sites for hydroxylation is 1. The molecule has 1 unspecified atom stereocenters. The van der Waals surface area contributed by atoms with Crippen LogP contribution in [0.3, 0.4) is 0 Å². The van der Waals surface area contributed by atoms with E-state index in [2.05, 4.69) is 4.98 Å². The van der Waals surface area contributed by atoms with Crippen molar-refractivity contribution in [3.63, 3.8) is 0 Å². The predicted molar refractivity (Wildman–Crippen MR) is 47.6 cm³/mol. The van der Waals surface area contributed by atoms with E-state index >= 15 is 0 Å². The molecule has 0 amide bonds. The van der Waals surface area contributed by atoms with E-state index in [9.17, 15) is 5.11 Å². The van der Waals surface area contributed by atoms with Gasteiger partial charge in [0.1, 0.15) is 5.60 Å². The quantitative estimate of drug-likeness (QED) is 0.722. The van der Waals surface area contributed by atoms with Gasteiger partial charge in [-0.15, -0.1) is 0 Å². The molecule has 1 aromatic heterocycles. The molecule has 0 fully saturated rings. The number of nitrogens with zero attached hydrogens (tertiary/aromatic N) is 2. The van der Waals surface area contributed by atoms with Crippen molar-refractivity contribution in [2.45, 2.75) is 26.4 Å². The van der Waals surface area contributed by atoms with Crippen LogP contribution in [0.4, 0.5) is 0 Å². The van der Waals surface area contributed by atoms with Gasteiger partial charge in [-0.05, 0) is 12.8 Å². The second-order valence-corrected chi connectivity index (χ2v) is 3.69. The summed E-state index contributed by atoms with van der Waals surface area (Å²) < 4.78 is 1.85. The van der Waals surface area contributed by atoms with Crippen molar-refractivity contribution in [1.82, 2.24) is 9.55 Å². The third-order valence-electron chi connectivity index (χ3n) is 2.46. The van der Waals surface area contributed by atoms with Crippen molar-refractivity contribution < 1.29 is 5.11 Å². The van der Waals surface area contributed by atoms with Crippen LogP contribution < -0.4 is 0 Å². The predicted octanol–water partition coefficient (Wildman–Crippen LogP) is 1.28. The topological polar surface area (TPSA) is 38.1 Å². The van der Waals surface area contributed by atoms with Crippen LogP contribution in [0.2, 0.25) is 0 Å². The van der Waals surface area contributed by atoms with Gasteiger partial charge >= 0.3 is 0 Å². The molecule has 0 spiro atoms. The van der Waals surface area contributed by atoms with Gasteiger partial charge in [0.2, 0.25) is 0 Å². The SMILES string of the molecule is CC(C)C(C)(O)c1cncn1C. The van der Waals surface area contributed by atoms with Gasteiger partial charge in [-0.25, -0.2) is 4.98 Å². The van der Waals surface area contributed by atoms with Gasteiger partial charge < -0.3 is 9.67 Å². The number of aliphatic hydroxyl groups is 1. The van der Waals surface area contributed by atoms with Crippen molar-refractivity contribution >= 4 is 0 Å². The first-order chi connectivity index (χ1) is 5.46. The maximum Gasteiger partial charge on any atom is 0.106 e. The Morgan fingerprint density at radius 3 is 2.50 bits per heavy atom. The van der Waals surface area contributed by atoms with Crippen molar-refractivity contribution in [3.05, 3.63) is 18.2 Å². The van der Waals surface area contributed by atoms with Gasteiger partial charge in [0.25, 0.3) is 0 Å². The first kappa shape index (κ1) is 9.26. The minimum absolute atomic E-state index is 0.188. The van der Waals surface area contributed by atoms with Crippen LogP contribution in [0, 0.1) is 5.92 Å². The first-order valence-corrected chi connectivity index (χ1v) is 4.15. The molecular formula is C9H16N2O. The molecule has 0 saturated heterocycles. The van der Waals surface area contributed by atoms with Gasteiger partial charge in [0.05, 0.1) is 18.2 Å². The summed E-state index contributed by atoms with van der Waals surface area (Å²) >= 11 is 0. The molecule has 1 heterocycles. The molecule has 1 N–H and O–H groups in total. The average molecular weight is 168 g/mol. The Morgan fingerprint density at radius 2 is 2.17 bits per heavy atom. The lowest BCUT2D eigenvalue weighted by Crippen LogP contribution is -2.30. The summed E-state index contributed by atoms with van der Waals surface area (Å²) in [6.45, 7) is 5.80. The molecule has 1 rings (SSSR count). The average Bonchev–Trinajstić information content (AvgIpc) is 2.35. The fourth-order valence-corrected chi connectivity index (χ4v) is 1.14. The molecule has 0 aliphatic rings. The van der Waals surface area contributed by atoms with E-state index in [1.54, 1.807) is 12.5 Å². The van der Waals surface area contributed by atoms with Crippen molar-refractivity contribution in [2.75, 3.05) is 0 Å². The van der Waals surface area contributed by atoms with Crippen LogP contribution in [0.5, 0.6) is 0 Å². The molecule has 1 atom stereocenters. The molecule has 0 saturated carbocycles. The second kappa shape index (κ2) is 2.90. The zero-order valence-electron chi connectivity index (χ0n) is 8.07. The highest BCUT2D eigenvalue weighted by molar-refractivity contribution is 5.09. The smallest absolute Gasteiger partial charge is 0.106 e. The standard InChI is InChI=1S/C9H16N2O/c1-7(2)9(3,12)8-5-10-6-11(8)4/h5-7,12H,1-4H3. The Morgan fingerprint density at radius 1 is 1.58 bits per heavy atom. The number of rotatable bonds is 2. The highest BCUT2D eigenvalue weighted by Gasteiger charge is 2.29. The van der Waals surface area contributed by atoms with Crippen molar-refractivity contribution in [3.8, 4) is 0 Å². The lowest BCUT2D eigenvalue weighted by atomic mass is 9.89. The largest absolute Gasteiger partial charge is 0.384 e. The Hall–Kier alpha value is -0.830.